The van der Waals surface area contributed by atoms with E-state index >= 15 is 0 Å². The lowest BCUT2D eigenvalue weighted by Crippen LogP contribution is -2.49. The molecular weight excluding hydrogens is 202 g/mol. The first-order valence-corrected chi connectivity index (χ1v) is 6.42. The highest BCUT2D eigenvalue weighted by Gasteiger charge is 2.21. The van der Waals surface area contributed by atoms with Crippen molar-refractivity contribution in [3.8, 4) is 0 Å². The maximum absolute atomic E-state index is 11.9. The number of hydrogen-bond donors (Lipinski definition) is 2. The zero-order valence-corrected chi connectivity index (χ0v) is 10.5. The summed E-state index contributed by atoms with van der Waals surface area (Å²) in [6.45, 7) is 6.66. The highest BCUT2D eigenvalue weighted by atomic mass is 16.2. The zero-order valence-electron chi connectivity index (χ0n) is 10.5. The summed E-state index contributed by atoms with van der Waals surface area (Å²) in [6.07, 6.45) is 4.26. The van der Waals surface area contributed by atoms with Crippen LogP contribution >= 0.6 is 0 Å². The van der Waals surface area contributed by atoms with Crippen LogP contribution in [0, 0.1) is 5.92 Å². The van der Waals surface area contributed by atoms with Crippen molar-refractivity contribution in [2.75, 3.05) is 19.6 Å². The lowest BCUT2D eigenvalue weighted by molar-refractivity contribution is 0.170. The van der Waals surface area contributed by atoms with E-state index in [1.165, 1.54) is 0 Å². The Morgan fingerprint density at radius 2 is 2.12 bits per heavy atom. The fourth-order valence-corrected chi connectivity index (χ4v) is 2.07. The van der Waals surface area contributed by atoms with Gasteiger partial charge in [0.1, 0.15) is 0 Å². The smallest absolute Gasteiger partial charge is 0.317 e. The van der Waals surface area contributed by atoms with Crippen LogP contribution in [0.1, 0.15) is 39.5 Å². The average molecular weight is 227 g/mol. The quantitative estimate of drug-likeness (QED) is 0.765. The molecule has 1 aliphatic heterocycles. The molecule has 1 fully saturated rings. The van der Waals surface area contributed by atoms with E-state index in [9.17, 15) is 4.79 Å². The molecule has 0 bridgehead atoms. The van der Waals surface area contributed by atoms with Crippen LogP contribution in [0.4, 0.5) is 4.79 Å². The van der Waals surface area contributed by atoms with Gasteiger partial charge in [-0.05, 0) is 25.2 Å². The summed E-state index contributed by atoms with van der Waals surface area (Å²) in [5, 5.41) is 3.01. The summed E-state index contributed by atoms with van der Waals surface area (Å²) in [7, 11) is 0. The van der Waals surface area contributed by atoms with Crippen molar-refractivity contribution in [1.29, 1.82) is 0 Å². The zero-order chi connectivity index (χ0) is 12.0. The highest BCUT2D eigenvalue weighted by Crippen LogP contribution is 2.15. The van der Waals surface area contributed by atoms with Crippen LogP contribution in [0.15, 0.2) is 0 Å². The number of nitrogens with two attached hydrogens (primary N) is 1. The van der Waals surface area contributed by atoms with E-state index in [2.05, 4.69) is 19.2 Å². The van der Waals surface area contributed by atoms with Crippen molar-refractivity contribution < 1.29 is 4.79 Å². The molecule has 0 aromatic carbocycles. The minimum Gasteiger partial charge on any atom is -0.334 e. The van der Waals surface area contributed by atoms with Gasteiger partial charge in [0, 0.05) is 25.7 Å². The average Bonchev–Trinajstić information content (AvgIpc) is 2.29. The maximum Gasteiger partial charge on any atom is 0.317 e. The van der Waals surface area contributed by atoms with Gasteiger partial charge in [-0.3, -0.25) is 0 Å². The van der Waals surface area contributed by atoms with Crippen molar-refractivity contribution in [3.63, 3.8) is 0 Å². The highest BCUT2D eigenvalue weighted by molar-refractivity contribution is 5.74. The topological polar surface area (TPSA) is 58.4 Å². The standard InChI is InChI=1S/C12H25N3O/c1-3-4-11(9-13)14-12(16)15-7-5-10(2)6-8-15/h10-11H,3-9,13H2,1-2H3,(H,14,16). The second-order valence-corrected chi connectivity index (χ2v) is 4.84. The first-order chi connectivity index (χ1) is 7.67. The van der Waals surface area contributed by atoms with Crippen molar-refractivity contribution in [3.05, 3.63) is 0 Å². The van der Waals surface area contributed by atoms with E-state index < -0.39 is 0 Å². The van der Waals surface area contributed by atoms with E-state index in [0.29, 0.717) is 6.54 Å². The van der Waals surface area contributed by atoms with Gasteiger partial charge in [0.25, 0.3) is 0 Å². The third-order valence-electron chi connectivity index (χ3n) is 3.32. The number of nitrogens with one attached hydrogen (secondary N) is 1. The number of piperidine rings is 1. The fraction of sp³-hybridized carbons (Fsp3) is 0.917. The minimum absolute atomic E-state index is 0.0656. The van der Waals surface area contributed by atoms with Crippen LogP contribution in [0.2, 0.25) is 0 Å². The van der Waals surface area contributed by atoms with Gasteiger partial charge in [0.2, 0.25) is 0 Å². The molecule has 1 rings (SSSR count). The molecule has 0 aromatic rings. The van der Waals surface area contributed by atoms with Gasteiger partial charge in [0.05, 0.1) is 0 Å². The summed E-state index contributed by atoms with van der Waals surface area (Å²) < 4.78 is 0. The number of urea groups is 1. The largest absolute Gasteiger partial charge is 0.334 e. The molecule has 0 radical (unpaired) electrons. The lowest BCUT2D eigenvalue weighted by atomic mass is 9.99. The van der Waals surface area contributed by atoms with Gasteiger partial charge in [-0.1, -0.05) is 20.3 Å². The van der Waals surface area contributed by atoms with Crippen LogP contribution in [0.25, 0.3) is 0 Å². The molecule has 4 heteroatoms. The van der Waals surface area contributed by atoms with Crippen molar-refractivity contribution in [1.82, 2.24) is 10.2 Å². The molecule has 3 N–H and O–H groups in total. The SMILES string of the molecule is CCCC(CN)NC(=O)N1CCC(C)CC1. The minimum atomic E-state index is 0.0656. The van der Waals surface area contributed by atoms with Crippen molar-refractivity contribution in [2.45, 2.75) is 45.6 Å². The Morgan fingerprint density at radius 3 is 2.62 bits per heavy atom. The van der Waals surface area contributed by atoms with Gasteiger partial charge in [-0.2, -0.15) is 0 Å². The van der Waals surface area contributed by atoms with Gasteiger partial charge in [-0.25, -0.2) is 4.79 Å². The molecule has 0 spiro atoms. The molecule has 1 atom stereocenters. The Hall–Kier alpha value is -0.770. The number of rotatable bonds is 4. The number of carbonyl (C=O) groups is 1. The lowest BCUT2D eigenvalue weighted by Gasteiger charge is -2.31. The molecule has 0 aromatic heterocycles. The van der Waals surface area contributed by atoms with Crippen molar-refractivity contribution in [2.24, 2.45) is 11.7 Å². The molecular formula is C12H25N3O. The first-order valence-electron chi connectivity index (χ1n) is 6.42. The van der Waals surface area contributed by atoms with Crippen LogP contribution in [0.3, 0.4) is 0 Å². The van der Waals surface area contributed by atoms with E-state index in [-0.39, 0.29) is 12.1 Å². The maximum atomic E-state index is 11.9. The summed E-state index contributed by atoms with van der Waals surface area (Å²) in [5.41, 5.74) is 5.63. The fourth-order valence-electron chi connectivity index (χ4n) is 2.07. The molecule has 2 amide bonds. The Labute approximate surface area is 98.6 Å². The van der Waals surface area contributed by atoms with E-state index in [4.69, 9.17) is 5.73 Å². The number of nitrogens with zero attached hydrogens (tertiary/aromatic N) is 1. The third-order valence-corrected chi connectivity index (χ3v) is 3.32. The Balaban J connectivity index is 2.33. The van der Waals surface area contributed by atoms with E-state index in [1.54, 1.807) is 0 Å². The van der Waals surface area contributed by atoms with Crippen LogP contribution < -0.4 is 11.1 Å². The summed E-state index contributed by atoms with van der Waals surface area (Å²) >= 11 is 0. The predicted molar refractivity (Wildman–Crippen MR) is 66.3 cm³/mol. The van der Waals surface area contributed by atoms with E-state index in [1.807, 2.05) is 4.90 Å². The number of likely N-dealkylation sites (tertiary alicyclic amines) is 1. The van der Waals surface area contributed by atoms with Crippen LogP contribution in [-0.2, 0) is 0 Å². The summed E-state index contributed by atoms with van der Waals surface area (Å²) in [6, 6.07) is 0.202. The van der Waals surface area contributed by atoms with E-state index in [0.717, 1.165) is 44.7 Å². The van der Waals surface area contributed by atoms with Gasteiger partial charge >= 0.3 is 6.03 Å². The molecule has 94 valence electrons. The molecule has 1 heterocycles. The van der Waals surface area contributed by atoms with Crippen LogP contribution in [-0.4, -0.2) is 36.6 Å². The summed E-state index contributed by atoms with van der Waals surface area (Å²) in [4.78, 5) is 13.8. The summed E-state index contributed by atoms with van der Waals surface area (Å²) in [5.74, 6) is 0.755. The monoisotopic (exact) mass is 227 g/mol. The normalized spacial score (nSPS) is 19.6. The molecule has 1 unspecified atom stereocenters. The Kier molecular flexibility index (Phi) is 5.60. The number of amides is 2. The molecule has 1 saturated heterocycles. The molecule has 0 aliphatic carbocycles. The molecule has 1 aliphatic rings. The molecule has 0 saturated carbocycles. The third kappa shape index (κ3) is 4.00. The van der Waals surface area contributed by atoms with Gasteiger partial charge < -0.3 is 16.0 Å². The van der Waals surface area contributed by atoms with Gasteiger partial charge in [-0.15, -0.1) is 0 Å². The number of carbonyl (C=O) groups excluding carboxylic acids is 1. The second-order valence-electron chi connectivity index (χ2n) is 4.84. The first kappa shape index (κ1) is 13.3. The Bertz CT molecular complexity index is 212. The Morgan fingerprint density at radius 1 is 1.50 bits per heavy atom. The van der Waals surface area contributed by atoms with Crippen LogP contribution in [0.5, 0.6) is 0 Å². The second kappa shape index (κ2) is 6.74. The van der Waals surface area contributed by atoms with Gasteiger partial charge in [0.15, 0.2) is 0 Å². The van der Waals surface area contributed by atoms with Crippen molar-refractivity contribution >= 4 is 6.03 Å². The number of hydrogen-bond acceptors (Lipinski definition) is 2. The molecule has 16 heavy (non-hydrogen) atoms. The molecule has 4 nitrogen and oxygen atoms in total. The predicted octanol–water partition coefficient (Wildman–Crippen LogP) is 1.56.